The van der Waals surface area contributed by atoms with Gasteiger partial charge in [-0.05, 0) is 163 Å². The average molecular weight is 1330 g/mol. The molecule has 0 heterocycles. The SMILES string of the molecule is CCCCCC(CCC)CC(C)C(CC(CC)CCC)(CC(CCC)CCCCC)C(CCC(CC)CC)(CC(CCC)CCCCC)C(CCCC(C)CC)(CC(CCC)CCCCC)C(CCC)(C(CCC)CCC)C(CC(CC)CCC)CC(CCC)CCCCC. The Morgan fingerprint density at radius 3 is 0.947 bits per heavy atom. The van der Waals surface area contributed by atoms with Crippen LogP contribution in [0.1, 0.15) is 518 Å². The zero-order valence-electron chi connectivity index (χ0n) is 71.2. The molecule has 14 unspecified atom stereocenters. The first-order valence-corrected chi connectivity index (χ1v) is 46.0. The number of hydrogen-bond donors (Lipinski definition) is 0. The Hall–Kier alpha value is 0. The molecule has 0 fully saturated rings. The lowest BCUT2D eigenvalue weighted by Crippen LogP contribution is -2.68. The lowest BCUT2D eigenvalue weighted by Gasteiger charge is -2.74. The van der Waals surface area contributed by atoms with Gasteiger partial charge >= 0.3 is 0 Å². The van der Waals surface area contributed by atoms with Crippen LogP contribution in [0.25, 0.3) is 0 Å². The van der Waals surface area contributed by atoms with E-state index in [4.69, 9.17) is 0 Å². The molecule has 572 valence electrons. The van der Waals surface area contributed by atoms with Crippen LogP contribution in [0.3, 0.4) is 0 Å². The van der Waals surface area contributed by atoms with E-state index in [1.807, 2.05) is 0 Å². The Labute approximate surface area is 607 Å². The monoisotopic (exact) mass is 1330 g/mol. The van der Waals surface area contributed by atoms with Gasteiger partial charge in [-0.3, -0.25) is 0 Å². The van der Waals surface area contributed by atoms with Gasteiger partial charge in [0.1, 0.15) is 0 Å². The van der Waals surface area contributed by atoms with Gasteiger partial charge < -0.3 is 0 Å². The van der Waals surface area contributed by atoms with Crippen molar-refractivity contribution in [2.75, 3.05) is 0 Å². The fourth-order valence-corrected chi connectivity index (χ4v) is 22.9. The molecule has 95 heavy (non-hydrogen) atoms. The number of unbranched alkanes of at least 4 members (excludes halogenated alkanes) is 10. The first-order valence-electron chi connectivity index (χ1n) is 46.0. The Balaban J connectivity index is 12.5. The summed E-state index contributed by atoms with van der Waals surface area (Å²) in [5.41, 5.74) is 0.870. The van der Waals surface area contributed by atoms with Crippen molar-refractivity contribution >= 4 is 0 Å². The molecular weight excluding hydrogens is 1140 g/mol. The fraction of sp³-hybridized carbons (Fsp3) is 1.00. The predicted octanol–water partition coefficient (Wildman–Crippen LogP) is 35.0. The topological polar surface area (TPSA) is 0 Å². The summed E-state index contributed by atoms with van der Waals surface area (Å²) in [5, 5.41) is 0. The number of hydrogen-bond acceptors (Lipinski definition) is 0. The van der Waals surface area contributed by atoms with Crippen molar-refractivity contribution in [3.8, 4) is 0 Å². The third kappa shape index (κ3) is 32.7. The molecule has 0 nitrogen and oxygen atoms in total. The highest BCUT2D eigenvalue weighted by Crippen LogP contribution is 2.79. The van der Waals surface area contributed by atoms with Crippen molar-refractivity contribution in [2.45, 2.75) is 518 Å². The zero-order valence-corrected chi connectivity index (χ0v) is 71.2. The highest BCUT2D eigenvalue weighted by molar-refractivity contribution is 5.20. The summed E-state index contributed by atoms with van der Waals surface area (Å²) in [6, 6.07) is 0. The van der Waals surface area contributed by atoms with Gasteiger partial charge in [0.2, 0.25) is 0 Å². The van der Waals surface area contributed by atoms with Crippen molar-refractivity contribution in [3.05, 3.63) is 0 Å². The third-order valence-corrected chi connectivity index (χ3v) is 27.8. The van der Waals surface area contributed by atoms with Gasteiger partial charge in [0.25, 0.3) is 0 Å². The van der Waals surface area contributed by atoms with Crippen molar-refractivity contribution in [1.29, 1.82) is 0 Å². The Morgan fingerprint density at radius 2 is 0.558 bits per heavy atom. The van der Waals surface area contributed by atoms with Crippen LogP contribution in [0.2, 0.25) is 0 Å². The molecule has 0 amide bonds. The third-order valence-electron chi connectivity index (χ3n) is 27.8. The molecular formula is C95H192. The molecule has 0 bridgehead atoms. The van der Waals surface area contributed by atoms with Crippen LogP contribution in [0.4, 0.5) is 0 Å². The van der Waals surface area contributed by atoms with E-state index in [-0.39, 0.29) is 21.7 Å². The largest absolute Gasteiger partial charge is 0.0654 e. The Bertz CT molecular complexity index is 1600. The lowest BCUT2D eigenvalue weighted by molar-refractivity contribution is -0.263. The van der Waals surface area contributed by atoms with Crippen molar-refractivity contribution < 1.29 is 0 Å². The quantitative estimate of drug-likeness (QED) is 0.0533. The molecule has 0 saturated carbocycles. The summed E-state index contributed by atoms with van der Waals surface area (Å²) in [7, 11) is 0. The molecule has 0 saturated heterocycles. The Kier molecular flexibility index (Phi) is 59.4. The van der Waals surface area contributed by atoms with Gasteiger partial charge in [-0.25, -0.2) is 0 Å². The highest BCUT2D eigenvalue weighted by Gasteiger charge is 2.72. The molecule has 0 radical (unpaired) electrons. The number of rotatable bonds is 72. The molecule has 0 aromatic carbocycles. The van der Waals surface area contributed by atoms with Crippen LogP contribution < -0.4 is 0 Å². The molecule has 0 aliphatic heterocycles. The van der Waals surface area contributed by atoms with E-state index in [1.54, 1.807) is 19.3 Å². The van der Waals surface area contributed by atoms with Crippen LogP contribution in [0.15, 0.2) is 0 Å². The summed E-state index contributed by atoms with van der Waals surface area (Å²) in [6.07, 6.45) is 81.6. The maximum Gasteiger partial charge on any atom is -0.0171 e. The summed E-state index contributed by atoms with van der Waals surface area (Å²) >= 11 is 0. The minimum absolute atomic E-state index is 0.195. The van der Waals surface area contributed by atoms with E-state index in [1.165, 1.54) is 347 Å². The summed E-state index contributed by atoms with van der Waals surface area (Å²) in [4.78, 5) is 0. The molecule has 0 N–H and O–H groups in total. The Morgan fingerprint density at radius 1 is 0.211 bits per heavy atom. The van der Waals surface area contributed by atoms with Crippen molar-refractivity contribution in [3.63, 3.8) is 0 Å². The maximum absolute atomic E-state index is 3.15. The maximum atomic E-state index is 3.15. The van der Waals surface area contributed by atoms with Gasteiger partial charge in [0.05, 0.1) is 0 Å². The average Bonchev–Trinajstić information content (AvgIpc) is 0.676. The van der Waals surface area contributed by atoms with Crippen LogP contribution in [-0.4, -0.2) is 0 Å². The second-order valence-electron chi connectivity index (χ2n) is 35.0. The minimum Gasteiger partial charge on any atom is -0.0654 e. The minimum atomic E-state index is 0.195. The molecule has 0 aliphatic rings. The molecule has 0 rings (SSSR count). The standard InChI is InChI=1S/C95H192/c1-23-43-48-64-85(56-30-8)73-81(22)92(76-84(42-20)55-29-7,77-87(58-32-10)66-50-45-25-3)93(72-69-82(39-17)40-18,78-88(59-33-11)67-51-46-26-4)94(71-53-63-80(21)38-16,79-89(60-34-12)68-52-47-27-5)95(70-37-15,90(61-35-13)62-36-14)91(74-83(41-19)54-28-6)75-86(57-31-9)65-49-44-24-2/h80-91H,23-79H2,1-22H3. The van der Waals surface area contributed by atoms with Gasteiger partial charge in [-0.1, -0.05) is 448 Å². The van der Waals surface area contributed by atoms with Gasteiger partial charge in [0, 0.05) is 0 Å². The van der Waals surface area contributed by atoms with E-state index in [0.717, 1.165) is 65.1 Å². The van der Waals surface area contributed by atoms with Crippen LogP contribution in [0, 0.1) is 92.7 Å². The molecule has 0 spiro atoms. The van der Waals surface area contributed by atoms with Gasteiger partial charge in [0.15, 0.2) is 0 Å². The van der Waals surface area contributed by atoms with Gasteiger partial charge in [-0.15, -0.1) is 0 Å². The first kappa shape index (κ1) is 95.0. The molecule has 0 aromatic rings. The summed E-state index contributed by atoms with van der Waals surface area (Å²) < 4.78 is 0. The summed E-state index contributed by atoms with van der Waals surface area (Å²) in [5.74, 6) is 9.51. The van der Waals surface area contributed by atoms with Crippen molar-refractivity contribution in [1.82, 2.24) is 0 Å². The van der Waals surface area contributed by atoms with E-state index in [2.05, 4.69) is 152 Å². The van der Waals surface area contributed by atoms with Gasteiger partial charge in [-0.2, -0.15) is 0 Å². The fourth-order valence-electron chi connectivity index (χ4n) is 22.9. The van der Waals surface area contributed by atoms with Crippen LogP contribution in [0.5, 0.6) is 0 Å². The van der Waals surface area contributed by atoms with E-state index in [9.17, 15) is 0 Å². The normalized spacial score (nSPS) is 18.2. The zero-order chi connectivity index (χ0) is 71.2. The van der Waals surface area contributed by atoms with Crippen LogP contribution in [-0.2, 0) is 0 Å². The highest BCUT2D eigenvalue weighted by atomic mass is 14.8. The van der Waals surface area contributed by atoms with E-state index in [0.29, 0.717) is 5.92 Å². The van der Waals surface area contributed by atoms with Crippen LogP contribution >= 0.6 is 0 Å². The lowest BCUT2D eigenvalue weighted by atomic mass is 9.30. The second-order valence-corrected chi connectivity index (χ2v) is 35.0. The first-order chi connectivity index (χ1) is 46.0. The predicted molar refractivity (Wildman–Crippen MR) is 440 cm³/mol. The van der Waals surface area contributed by atoms with Crippen molar-refractivity contribution in [2.24, 2.45) is 92.7 Å². The molecule has 0 aliphatic carbocycles. The molecule has 14 atom stereocenters. The van der Waals surface area contributed by atoms with E-state index >= 15 is 0 Å². The molecule has 0 heteroatoms. The second kappa shape index (κ2) is 59.4. The molecule has 0 aromatic heterocycles. The smallest absolute Gasteiger partial charge is 0.0171 e. The summed E-state index contributed by atoms with van der Waals surface area (Å²) in [6.45, 7) is 58.5. The van der Waals surface area contributed by atoms with E-state index < -0.39 is 0 Å².